The Hall–Kier alpha value is -1.65. The molecule has 2 aromatic carbocycles. The summed E-state index contributed by atoms with van der Waals surface area (Å²) in [6.45, 7) is 0. The van der Waals surface area contributed by atoms with E-state index in [1.807, 2.05) is 12.1 Å². The Bertz CT molecular complexity index is 655. The van der Waals surface area contributed by atoms with Crippen molar-refractivity contribution in [1.82, 2.24) is 0 Å². The molecule has 2 N–H and O–H groups in total. The molecule has 0 aliphatic heterocycles. The van der Waals surface area contributed by atoms with Crippen molar-refractivity contribution < 1.29 is 8.60 Å². The van der Waals surface area contributed by atoms with E-state index in [9.17, 15) is 8.60 Å². The Morgan fingerprint density at radius 2 is 1.90 bits per heavy atom. The van der Waals surface area contributed by atoms with Gasteiger partial charge in [0.25, 0.3) is 0 Å². The maximum absolute atomic E-state index is 13.0. The first-order valence-corrected chi connectivity index (χ1v) is 7.65. The third kappa shape index (κ3) is 4.18. The van der Waals surface area contributed by atoms with Gasteiger partial charge in [0, 0.05) is 10.4 Å². The van der Waals surface area contributed by atoms with E-state index in [-0.39, 0.29) is 5.69 Å². The molecular formula is C15H13ClFNOS. The average Bonchev–Trinajstić information content (AvgIpc) is 2.43. The van der Waals surface area contributed by atoms with Gasteiger partial charge in [-0.3, -0.25) is 4.21 Å². The lowest BCUT2D eigenvalue weighted by molar-refractivity contribution is 0.632. The standard InChI is InChI=1S/C15H13ClFNOS/c16-13-4-1-12(2-5-13)10-20(19)8-7-11-3-6-14(17)15(18)9-11/h1-9H,10,18H2/b8-7+. The number of hydrogen-bond donors (Lipinski definition) is 1. The van der Waals surface area contributed by atoms with E-state index in [0.29, 0.717) is 16.3 Å². The van der Waals surface area contributed by atoms with Gasteiger partial charge < -0.3 is 5.73 Å². The third-order valence-electron chi connectivity index (χ3n) is 2.65. The first-order chi connectivity index (χ1) is 9.54. The van der Waals surface area contributed by atoms with E-state index in [0.717, 1.165) is 5.56 Å². The molecule has 0 saturated heterocycles. The SMILES string of the molecule is Nc1cc(/C=C/S(=O)Cc2ccc(Cl)cc2)ccc1F. The van der Waals surface area contributed by atoms with Gasteiger partial charge in [-0.1, -0.05) is 29.8 Å². The van der Waals surface area contributed by atoms with Crippen LogP contribution in [-0.4, -0.2) is 4.21 Å². The van der Waals surface area contributed by atoms with Crippen molar-refractivity contribution in [2.45, 2.75) is 5.75 Å². The van der Waals surface area contributed by atoms with Crippen LogP contribution < -0.4 is 5.73 Å². The Morgan fingerprint density at radius 1 is 1.20 bits per heavy atom. The minimum Gasteiger partial charge on any atom is -0.396 e. The highest BCUT2D eigenvalue weighted by molar-refractivity contribution is 7.87. The molecule has 1 atom stereocenters. The molecule has 0 radical (unpaired) electrons. The minimum atomic E-state index is -1.15. The highest BCUT2D eigenvalue weighted by Gasteiger charge is 2.00. The van der Waals surface area contributed by atoms with E-state index >= 15 is 0 Å². The first kappa shape index (κ1) is 14.8. The van der Waals surface area contributed by atoms with Crippen LogP contribution in [0.15, 0.2) is 47.9 Å². The van der Waals surface area contributed by atoms with Crippen molar-refractivity contribution in [1.29, 1.82) is 0 Å². The molecule has 0 spiro atoms. The zero-order valence-corrected chi connectivity index (χ0v) is 12.1. The topological polar surface area (TPSA) is 43.1 Å². The van der Waals surface area contributed by atoms with Crippen LogP contribution in [0, 0.1) is 5.82 Å². The molecule has 2 rings (SSSR count). The molecule has 0 saturated carbocycles. The van der Waals surface area contributed by atoms with Crippen molar-refractivity contribution in [3.8, 4) is 0 Å². The maximum atomic E-state index is 13.0. The van der Waals surface area contributed by atoms with Crippen LogP contribution in [0.3, 0.4) is 0 Å². The fourth-order valence-electron chi connectivity index (χ4n) is 1.61. The molecule has 0 heterocycles. The lowest BCUT2D eigenvalue weighted by atomic mass is 10.2. The van der Waals surface area contributed by atoms with Gasteiger partial charge in [-0.25, -0.2) is 4.39 Å². The van der Waals surface area contributed by atoms with Crippen LogP contribution in [0.25, 0.3) is 6.08 Å². The summed E-state index contributed by atoms with van der Waals surface area (Å²) < 4.78 is 24.9. The zero-order valence-electron chi connectivity index (χ0n) is 10.6. The van der Waals surface area contributed by atoms with Gasteiger partial charge in [-0.2, -0.15) is 0 Å². The molecule has 5 heteroatoms. The highest BCUT2D eigenvalue weighted by Crippen LogP contribution is 2.15. The second kappa shape index (κ2) is 6.68. The molecule has 1 unspecified atom stereocenters. The summed E-state index contributed by atoms with van der Waals surface area (Å²) in [4.78, 5) is 0. The molecule has 0 bridgehead atoms. The average molecular weight is 310 g/mol. The van der Waals surface area contributed by atoms with E-state index < -0.39 is 16.6 Å². The predicted molar refractivity (Wildman–Crippen MR) is 83.1 cm³/mol. The Kier molecular flexibility index (Phi) is 4.93. The van der Waals surface area contributed by atoms with Crippen molar-refractivity contribution in [2.75, 3.05) is 5.73 Å². The smallest absolute Gasteiger partial charge is 0.146 e. The first-order valence-electron chi connectivity index (χ1n) is 5.89. The second-order valence-corrected chi connectivity index (χ2v) is 5.99. The second-order valence-electron chi connectivity index (χ2n) is 4.24. The summed E-state index contributed by atoms with van der Waals surface area (Å²) in [5, 5.41) is 2.22. The number of anilines is 1. The number of hydrogen-bond acceptors (Lipinski definition) is 2. The molecule has 2 aromatic rings. The van der Waals surface area contributed by atoms with Gasteiger partial charge >= 0.3 is 0 Å². The van der Waals surface area contributed by atoms with Crippen molar-refractivity contribution in [2.24, 2.45) is 0 Å². The van der Waals surface area contributed by atoms with Crippen LogP contribution in [0.1, 0.15) is 11.1 Å². The van der Waals surface area contributed by atoms with E-state index in [2.05, 4.69) is 0 Å². The third-order valence-corrected chi connectivity index (χ3v) is 3.96. The largest absolute Gasteiger partial charge is 0.396 e. The summed E-state index contributed by atoms with van der Waals surface area (Å²) in [6.07, 6.45) is 1.67. The van der Waals surface area contributed by atoms with Gasteiger partial charge in [0.05, 0.1) is 22.2 Å². The lowest BCUT2D eigenvalue weighted by Crippen LogP contribution is -1.92. The number of halogens is 2. The number of nitrogen functional groups attached to an aromatic ring is 1. The van der Waals surface area contributed by atoms with E-state index in [1.54, 1.807) is 29.7 Å². The van der Waals surface area contributed by atoms with Crippen LogP contribution in [-0.2, 0) is 16.6 Å². The van der Waals surface area contributed by atoms with Crippen LogP contribution in [0.4, 0.5) is 10.1 Å². The molecule has 0 aliphatic carbocycles. The van der Waals surface area contributed by atoms with Gasteiger partial charge in [-0.05, 0) is 41.5 Å². The van der Waals surface area contributed by atoms with Gasteiger partial charge in [0.15, 0.2) is 0 Å². The van der Waals surface area contributed by atoms with Crippen LogP contribution in [0.2, 0.25) is 5.02 Å². The van der Waals surface area contributed by atoms with Gasteiger partial charge in [0.2, 0.25) is 0 Å². The minimum absolute atomic E-state index is 0.0793. The van der Waals surface area contributed by atoms with Crippen LogP contribution in [0.5, 0.6) is 0 Å². The van der Waals surface area contributed by atoms with Crippen molar-refractivity contribution in [3.05, 3.63) is 69.8 Å². The summed E-state index contributed by atoms with van der Waals surface area (Å²) >= 11 is 5.78. The monoisotopic (exact) mass is 309 g/mol. The highest BCUT2D eigenvalue weighted by atomic mass is 35.5. The predicted octanol–water partition coefficient (Wildman–Crippen LogP) is 3.98. The fourth-order valence-corrected chi connectivity index (χ4v) is 2.67. The van der Waals surface area contributed by atoms with Crippen LogP contribution >= 0.6 is 11.6 Å². The molecule has 0 amide bonds. The van der Waals surface area contributed by atoms with Gasteiger partial charge in [0.1, 0.15) is 5.82 Å². The van der Waals surface area contributed by atoms with Gasteiger partial charge in [-0.15, -0.1) is 0 Å². The number of nitrogens with two attached hydrogens (primary N) is 1. The summed E-state index contributed by atoms with van der Waals surface area (Å²) in [6, 6.07) is 11.6. The normalized spacial score (nSPS) is 12.7. The Morgan fingerprint density at radius 3 is 2.55 bits per heavy atom. The molecule has 0 fully saturated rings. The van der Waals surface area contributed by atoms with Crippen molar-refractivity contribution >= 4 is 34.2 Å². The van der Waals surface area contributed by atoms with E-state index in [1.165, 1.54) is 12.1 Å². The molecular weight excluding hydrogens is 297 g/mol. The summed E-state index contributed by atoms with van der Waals surface area (Å²) in [5.74, 6) is -0.0471. The number of benzene rings is 2. The zero-order chi connectivity index (χ0) is 14.5. The maximum Gasteiger partial charge on any atom is 0.146 e. The Labute approximate surface area is 124 Å². The fraction of sp³-hybridized carbons (Fsp3) is 0.0667. The molecule has 20 heavy (non-hydrogen) atoms. The number of rotatable bonds is 4. The van der Waals surface area contributed by atoms with E-state index in [4.69, 9.17) is 17.3 Å². The molecule has 0 aliphatic rings. The summed E-state index contributed by atoms with van der Waals surface area (Å²) in [7, 11) is -1.15. The van der Waals surface area contributed by atoms with Crippen molar-refractivity contribution in [3.63, 3.8) is 0 Å². The summed E-state index contributed by atoms with van der Waals surface area (Å²) in [5.41, 5.74) is 7.20. The lowest BCUT2D eigenvalue weighted by Gasteiger charge is -2.00. The molecule has 0 aromatic heterocycles. The Balaban J connectivity index is 2.01. The molecule has 104 valence electrons. The molecule has 2 nitrogen and oxygen atoms in total. The quantitative estimate of drug-likeness (QED) is 0.868.